The Bertz CT molecular complexity index is 604. The van der Waals surface area contributed by atoms with Crippen molar-refractivity contribution in [3.63, 3.8) is 0 Å². The molecule has 0 radical (unpaired) electrons. The third-order valence-electron chi connectivity index (χ3n) is 3.88. The molecule has 2 N–H and O–H groups in total. The minimum absolute atomic E-state index is 0.216. The number of nitrogens with two attached hydrogens (primary N) is 1. The van der Waals surface area contributed by atoms with E-state index in [1.54, 1.807) is 0 Å². The van der Waals surface area contributed by atoms with Crippen LogP contribution in [-0.2, 0) is 13.0 Å². The second kappa shape index (κ2) is 4.46. The number of aromatic nitrogens is 3. The van der Waals surface area contributed by atoms with Gasteiger partial charge in [0.25, 0.3) is 0 Å². The number of hydrogen-bond acceptors (Lipinski definition) is 3. The average Bonchev–Trinajstić information content (AvgIpc) is 2.71. The van der Waals surface area contributed by atoms with Crippen molar-refractivity contribution in [3.8, 4) is 11.4 Å². The first-order chi connectivity index (χ1) is 9.06. The molecule has 0 aliphatic carbocycles. The van der Waals surface area contributed by atoms with Gasteiger partial charge in [-0.2, -0.15) is 0 Å². The van der Waals surface area contributed by atoms with Gasteiger partial charge in [-0.1, -0.05) is 17.7 Å². The summed E-state index contributed by atoms with van der Waals surface area (Å²) in [5, 5.41) is 8.74. The van der Waals surface area contributed by atoms with E-state index in [1.807, 2.05) is 0 Å². The molecule has 1 atom stereocenters. The van der Waals surface area contributed by atoms with Gasteiger partial charge in [-0.15, -0.1) is 10.2 Å². The minimum Gasteiger partial charge on any atom is -0.326 e. The Hall–Kier alpha value is -1.68. The van der Waals surface area contributed by atoms with Crippen molar-refractivity contribution in [2.45, 2.75) is 46.2 Å². The molecule has 1 aromatic carbocycles. The highest BCUT2D eigenvalue weighted by Crippen LogP contribution is 2.29. The fraction of sp³-hybridized carbons (Fsp3) is 0.467. The molecule has 0 saturated heterocycles. The Kier molecular flexibility index (Phi) is 2.90. The Morgan fingerprint density at radius 2 is 1.84 bits per heavy atom. The van der Waals surface area contributed by atoms with Gasteiger partial charge < -0.3 is 10.3 Å². The molecule has 3 rings (SSSR count). The molecule has 1 unspecified atom stereocenters. The third-order valence-corrected chi connectivity index (χ3v) is 3.88. The highest BCUT2D eigenvalue weighted by Gasteiger charge is 2.22. The van der Waals surface area contributed by atoms with E-state index in [9.17, 15) is 0 Å². The fourth-order valence-corrected chi connectivity index (χ4v) is 3.07. The van der Waals surface area contributed by atoms with E-state index in [2.05, 4.69) is 47.7 Å². The molecule has 1 aliphatic heterocycles. The van der Waals surface area contributed by atoms with Crippen molar-refractivity contribution in [1.82, 2.24) is 14.8 Å². The molecular weight excluding hydrogens is 236 g/mol. The zero-order valence-corrected chi connectivity index (χ0v) is 11.8. The van der Waals surface area contributed by atoms with Crippen molar-refractivity contribution in [2.24, 2.45) is 5.73 Å². The van der Waals surface area contributed by atoms with Gasteiger partial charge >= 0.3 is 0 Å². The number of fused-ring (bicyclic) bond motifs is 1. The van der Waals surface area contributed by atoms with Gasteiger partial charge in [0.15, 0.2) is 5.82 Å². The van der Waals surface area contributed by atoms with Crippen molar-refractivity contribution >= 4 is 0 Å². The van der Waals surface area contributed by atoms with Gasteiger partial charge in [-0.3, -0.25) is 0 Å². The molecule has 0 bridgehead atoms. The predicted octanol–water partition coefficient (Wildman–Crippen LogP) is 2.14. The normalized spacial score (nSPS) is 18.4. The maximum Gasteiger partial charge on any atom is 0.164 e. The van der Waals surface area contributed by atoms with E-state index in [-0.39, 0.29) is 6.04 Å². The van der Waals surface area contributed by atoms with Crippen molar-refractivity contribution < 1.29 is 0 Å². The summed E-state index contributed by atoms with van der Waals surface area (Å²) in [5.41, 5.74) is 11.1. The number of hydrogen-bond donors (Lipinski definition) is 1. The van der Waals surface area contributed by atoms with E-state index >= 15 is 0 Å². The summed E-state index contributed by atoms with van der Waals surface area (Å²) in [6.45, 7) is 7.23. The standard InChI is InChI=1S/C15H20N4/c1-9-6-10(2)14(11(3)7-9)15-18-17-13-5-4-12(16)8-19(13)15/h6-7,12H,4-5,8,16H2,1-3H3. The molecule has 2 aromatic rings. The van der Waals surface area contributed by atoms with Crippen LogP contribution in [0.5, 0.6) is 0 Å². The smallest absolute Gasteiger partial charge is 0.164 e. The van der Waals surface area contributed by atoms with E-state index in [1.165, 1.54) is 22.3 Å². The first-order valence-electron chi connectivity index (χ1n) is 6.82. The maximum absolute atomic E-state index is 6.08. The Morgan fingerprint density at radius 1 is 1.16 bits per heavy atom. The lowest BCUT2D eigenvalue weighted by Crippen LogP contribution is -2.32. The van der Waals surface area contributed by atoms with E-state index in [0.717, 1.165) is 31.0 Å². The largest absolute Gasteiger partial charge is 0.326 e. The molecule has 0 amide bonds. The second-order valence-electron chi connectivity index (χ2n) is 5.62. The molecule has 2 heterocycles. The summed E-state index contributed by atoms with van der Waals surface area (Å²) in [4.78, 5) is 0. The Balaban J connectivity index is 2.16. The molecule has 19 heavy (non-hydrogen) atoms. The van der Waals surface area contributed by atoms with E-state index in [4.69, 9.17) is 5.73 Å². The van der Waals surface area contributed by atoms with Gasteiger partial charge in [0, 0.05) is 24.6 Å². The second-order valence-corrected chi connectivity index (χ2v) is 5.62. The summed E-state index contributed by atoms with van der Waals surface area (Å²) in [7, 11) is 0. The van der Waals surface area contributed by atoms with Crippen LogP contribution < -0.4 is 5.73 Å². The van der Waals surface area contributed by atoms with Gasteiger partial charge in [-0.25, -0.2) is 0 Å². The highest BCUT2D eigenvalue weighted by atomic mass is 15.3. The lowest BCUT2D eigenvalue weighted by molar-refractivity contribution is 0.456. The Labute approximate surface area is 113 Å². The van der Waals surface area contributed by atoms with Crippen molar-refractivity contribution in [1.29, 1.82) is 0 Å². The van der Waals surface area contributed by atoms with Crippen LogP contribution in [-0.4, -0.2) is 20.8 Å². The molecule has 0 spiro atoms. The molecule has 1 aliphatic rings. The number of benzene rings is 1. The van der Waals surface area contributed by atoms with Crippen LogP contribution >= 0.6 is 0 Å². The maximum atomic E-state index is 6.08. The van der Waals surface area contributed by atoms with Crippen LogP contribution in [0.3, 0.4) is 0 Å². The van der Waals surface area contributed by atoms with Crippen LogP contribution in [0.25, 0.3) is 11.4 Å². The summed E-state index contributed by atoms with van der Waals surface area (Å²) in [6, 6.07) is 4.62. The monoisotopic (exact) mass is 256 g/mol. The topological polar surface area (TPSA) is 56.7 Å². The van der Waals surface area contributed by atoms with Crippen LogP contribution in [0, 0.1) is 20.8 Å². The highest BCUT2D eigenvalue weighted by molar-refractivity contribution is 5.65. The van der Waals surface area contributed by atoms with Crippen LogP contribution in [0.2, 0.25) is 0 Å². The molecule has 4 heteroatoms. The molecule has 4 nitrogen and oxygen atoms in total. The van der Waals surface area contributed by atoms with Gasteiger partial charge in [0.05, 0.1) is 0 Å². The number of nitrogens with zero attached hydrogens (tertiary/aromatic N) is 3. The fourth-order valence-electron chi connectivity index (χ4n) is 3.07. The number of aryl methyl sites for hydroxylation is 4. The Morgan fingerprint density at radius 3 is 2.53 bits per heavy atom. The predicted molar refractivity (Wildman–Crippen MR) is 76.0 cm³/mol. The SMILES string of the molecule is Cc1cc(C)c(-c2nnc3n2CC(N)CC3)c(C)c1. The quantitative estimate of drug-likeness (QED) is 0.850. The number of rotatable bonds is 1. The first kappa shape index (κ1) is 12.4. The summed E-state index contributed by atoms with van der Waals surface area (Å²) >= 11 is 0. The average molecular weight is 256 g/mol. The van der Waals surface area contributed by atoms with Crippen molar-refractivity contribution in [3.05, 3.63) is 34.6 Å². The summed E-state index contributed by atoms with van der Waals surface area (Å²) in [6.07, 6.45) is 1.93. The van der Waals surface area contributed by atoms with Crippen LogP contribution in [0.4, 0.5) is 0 Å². The minimum atomic E-state index is 0.216. The third kappa shape index (κ3) is 2.06. The van der Waals surface area contributed by atoms with Gasteiger partial charge in [0.2, 0.25) is 0 Å². The summed E-state index contributed by atoms with van der Waals surface area (Å²) in [5.74, 6) is 2.04. The van der Waals surface area contributed by atoms with E-state index in [0.29, 0.717) is 0 Å². The van der Waals surface area contributed by atoms with Crippen LogP contribution in [0.1, 0.15) is 28.9 Å². The molecular formula is C15H20N4. The summed E-state index contributed by atoms with van der Waals surface area (Å²) < 4.78 is 2.19. The first-order valence-corrected chi connectivity index (χ1v) is 6.82. The van der Waals surface area contributed by atoms with Crippen LogP contribution in [0.15, 0.2) is 12.1 Å². The lowest BCUT2D eigenvalue weighted by Gasteiger charge is -2.21. The molecule has 1 aromatic heterocycles. The van der Waals surface area contributed by atoms with Gasteiger partial charge in [-0.05, 0) is 38.3 Å². The van der Waals surface area contributed by atoms with E-state index < -0.39 is 0 Å². The molecule has 0 saturated carbocycles. The lowest BCUT2D eigenvalue weighted by atomic mass is 9.98. The molecule has 100 valence electrons. The van der Waals surface area contributed by atoms with Crippen molar-refractivity contribution in [2.75, 3.05) is 0 Å². The zero-order valence-electron chi connectivity index (χ0n) is 11.8. The van der Waals surface area contributed by atoms with Gasteiger partial charge in [0.1, 0.15) is 5.82 Å². The zero-order chi connectivity index (χ0) is 13.6. The molecule has 0 fully saturated rings.